The number of Topliss-reactive ketones (excluding diaryl/α,β-unsaturated/α-hetero) is 1. The first kappa shape index (κ1) is 16.3. The Morgan fingerprint density at radius 1 is 1.17 bits per heavy atom. The minimum absolute atomic E-state index is 0.289. The number of ether oxygens (including phenoxy) is 3. The van der Waals surface area contributed by atoms with E-state index in [0.29, 0.717) is 30.3 Å². The predicted octanol–water partition coefficient (Wildman–Crippen LogP) is 3.35. The van der Waals surface area contributed by atoms with Gasteiger partial charge >= 0.3 is 5.97 Å². The summed E-state index contributed by atoms with van der Waals surface area (Å²) in [7, 11) is 0. The topological polar surface area (TPSA) is 61.8 Å². The number of carbonyl (C=O) groups excluding carboxylic acids is 2. The first-order chi connectivity index (χ1) is 11.7. The van der Waals surface area contributed by atoms with Crippen LogP contribution in [0.5, 0.6) is 11.5 Å². The van der Waals surface area contributed by atoms with Crippen molar-refractivity contribution in [2.24, 2.45) is 0 Å². The molecule has 0 saturated carbocycles. The molecule has 0 amide bonds. The molecule has 3 rings (SSSR count). The minimum Gasteiger partial charge on any atom is -0.490 e. The zero-order valence-electron chi connectivity index (χ0n) is 12.9. The average molecular weight is 344 g/mol. The van der Waals surface area contributed by atoms with Gasteiger partial charge in [-0.05, 0) is 46.7 Å². The van der Waals surface area contributed by atoms with Crippen LogP contribution in [0.25, 0.3) is 6.08 Å². The predicted molar refractivity (Wildman–Crippen MR) is 90.7 cm³/mol. The first-order valence-corrected chi connectivity index (χ1v) is 8.46. The SMILES string of the molecule is O=C(/C=C/c1ccsc1)OCC(=O)c1ccc2c(c1)OCCCO2. The average Bonchev–Trinajstić information content (AvgIpc) is 3.01. The van der Waals surface area contributed by atoms with Crippen LogP contribution in [0.1, 0.15) is 22.3 Å². The highest BCUT2D eigenvalue weighted by Crippen LogP contribution is 2.30. The van der Waals surface area contributed by atoms with E-state index >= 15 is 0 Å². The van der Waals surface area contributed by atoms with Crippen molar-refractivity contribution in [3.05, 3.63) is 52.2 Å². The lowest BCUT2D eigenvalue weighted by atomic mass is 10.1. The Labute approximate surface area is 143 Å². The van der Waals surface area contributed by atoms with Gasteiger partial charge in [0.15, 0.2) is 23.9 Å². The van der Waals surface area contributed by atoms with Crippen LogP contribution in [0, 0.1) is 0 Å². The van der Waals surface area contributed by atoms with E-state index in [1.165, 1.54) is 17.4 Å². The van der Waals surface area contributed by atoms with Gasteiger partial charge in [-0.1, -0.05) is 0 Å². The Hall–Kier alpha value is -2.60. The van der Waals surface area contributed by atoms with Gasteiger partial charge in [-0.2, -0.15) is 11.3 Å². The van der Waals surface area contributed by atoms with Crippen LogP contribution in [0.2, 0.25) is 0 Å². The summed E-state index contributed by atoms with van der Waals surface area (Å²) in [5, 5.41) is 3.82. The zero-order valence-corrected chi connectivity index (χ0v) is 13.7. The summed E-state index contributed by atoms with van der Waals surface area (Å²) < 4.78 is 16.0. The monoisotopic (exact) mass is 344 g/mol. The number of thiophene rings is 1. The molecule has 124 valence electrons. The van der Waals surface area contributed by atoms with Crippen molar-refractivity contribution in [3.8, 4) is 11.5 Å². The summed E-state index contributed by atoms with van der Waals surface area (Å²) in [6.07, 6.45) is 3.76. The summed E-state index contributed by atoms with van der Waals surface area (Å²) >= 11 is 1.54. The largest absolute Gasteiger partial charge is 0.490 e. The zero-order chi connectivity index (χ0) is 16.8. The molecule has 1 aliphatic rings. The first-order valence-electron chi connectivity index (χ1n) is 7.52. The molecule has 0 N–H and O–H groups in total. The Balaban J connectivity index is 1.57. The van der Waals surface area contributed by atoms with Gasteiger partial charge in [0.1, 0.15) is 0 Å². The third kappa shape index (κ3) is 4.23. The lowest BCUT2D eigenvalue weighted by Gasteiger charge is -2.08. The van der Waals surface area contributed by atoms with Gasteiger partial charge in [0.05, 0.1) is 13.2 Å². The Kier molecular flexibility index (Phi) is 5.28. The number of hydrogen-bond acceptors (Lipinski definition) is 6. The third-order valence-corrected chi connectivity index (χ3v) is 4.07. The van der Waals surface area contributed by atoms with E-state index in [-0.39, 0.29) is 12.4 Å². The van der Waals surface area contributed by atoms with E-state index in [1.807, 2.05) is 16.8 Å². The summed E-state index contributed by atoms with van der Waals surface area (Å²) in [5.41, 5.74) is 1.35. The van der Waals surface area contributed by atoms with Crippen LogP contribution >= 0.6 is 11.3 Å². The highest BCUT2D eigenvalue weighted by Gasteiger charge is 2.15. The number of fused-ring (bicyclic) bond motifs is 1. The molecule has 1 aliphatic heterocycles. The van der Waals surface area contributed by atoms with Gasteiger partial charge in [0.25, 0.3) is 0 Å². The molecule has 0 spiro atoms. The van der Waals surface area contributed by atoms with Crippen molar-refractivity contribution in [2.45, 2.75) is 6.42 Å². The maximum Gasteiger partial charge on any atom is 0.331 e. The van der Waals surface area contributed by atoms with Crippen LogP contribution in [0.4, 0.5) is 0 Å². The highest BCUT2D eigenvalue weighted by molar-refractivity contribution is 7.08. The summed E-state index contributed by atoms with van der Waals surface area (Å²) in [6.45, 7) is 0.827. The van der Waals surface area contributed by atoms with Gasteiger partial charge in [0.2, 0.25) is 0 Å². The molecule has 5 nitrogen and oxygen atoms in total. The number of esters is 1. The second kappa shape index (κ2) is 7.79. The van der Waals surface area contributed by atoms with Gasteiger partial charge in [-0.25, -0.2) is 4.79 Å². The number of rotatable bonds is 5. The number of benzene rings is 1. The maximum absolute atomic E-state index is 12.2. The number of ketones is 1. The van der Waals surface area contributed by atoms with Gasteiger partial charge in [0, 0.05) is 18.1 Å². The fourth-order valence-electron chi connectivity index (χ4n) is 2.14. The molecule has 0 bridgehead atoms. The molecule has 0 saturated heterocycles. The van der Waals surface area contributed by atoms with Gasteiger partial charge in [-0.3, -0.25) is 4.79 Å². The standard InChI is InChI=1S/C18H16O5S/c19-15(11-23-18(20)5-2-13-6-9-24-12-13)14-3-4-16-17(10-14)22-8-1-7-21-16/h2-6,9-10,12H,1,7-8,11H2/b5-2+. The maximum atomic E-state index is 12.2. The molecule has 1 aromatic carbocycles. The van der Waals surface area contributed by atoms with Crippen LogP contribution in [-0.2, 0) is 9.53 Å². The smallest absolute Gasteiger partial charge is 0.331 e. The molecule has 0 atom stereocenters. The summed E-state index contributed by atoms with van der Waals surface area (Å²) in [5.74, 6) is 0.327. The number of hydrogen-bond donors (Lipinski definition) is 0. The Bertz CT molecular complexity index is 749. The molecule has 0 unspecified atom stereocenters. The quantitative estimate of drug-likeness (QED) is 0.473. The fraction of sp³-hybridized carbons (Fsp3) is 0.222. The molecule has 0 aliphatic carbocycles. The van der Waals surface area contributed by atoms with E-state index in [9.17, 15) is 9.59 Å². The molecule has 0 fully saturated rings. The second-order valence-corrected chi connectivity index (χ2v) is 5.91. The Morgan fingerprint density at radius 3 is 2.79 bits per heavy atom. The molecular formula is C18H16O5S. The van der Waals surface area contributed by atoms with Crippen LogP contribution in [-0.4, -0.2) is 31.6 Å². The van der Waals surface area contributed by atoms with Crippen molar-refractivity contribution in [1.82, 2.24) is 0 Å². The van der Waals surface area contributed by atoms with E-state index in [2.05, 4.69) is 0 Å². The lowest BCUT2D eigenvalue weighted by Crippen LogP contribution is -2.12. The van der Waals surface area contributed by atoms with Gasteiger partial charge in [-0.15, -0.1) is 0 Å². The van der Waals surface area contributed by atoms with Crippen molar-refractivity contribution in [2.75, 3.05) is 19.8 Å². The van der Waals surface area contributed by atoms with E-state index in [0.717, 1.165) is 12.0 Å². The highest BCUT2D eigenvalue weighted by atomic mass is 32.1. The van der Waals surface area contributed by atoms with Crippen molar-refractivity contribution in [3.63, 3.8) is 0 Å². The van der Waals surface area contributed by atoms with Crippen LogP contribution < -0.4 is 9.47 Å². The van der Waals surface area contributed by atoms with Crippen LogP contribution in [0.15, 0.2) is 41.1 Å². The fourth-order valence-corrected chi connectivity index (χ4v) is 2.77. The minimum atomic E-state index is -0.552. The molecule has 2 heterocycles. The number of carbonyl (C=O) groups is 2. The molecule has 6 heteroatoms. The molecule has 2 aromatic rings. The van der Waals surface area contributed by atoms with Crippen molar-refractivity contribution >= 4 is 29.2 Å². The molecular weight excluding hydrogens is 328 g/mol. The normalized spacial score (nSPS) is 13.5. The third-order valence-electron chi connectivity index (χ3n) is 3.37. The van der Waals surface area contributed by atoms with Crippen molar-refractivity contribution in [1.29, 1.82) is 0 Å². The lowest BCUT2D eigenvalue weighted by molar-refractivity contribution is -0.136. The molecule has 24 heavy (non-hydrogen) atoms. The van der Waals surface area contributed by atoms with E-state index in [1.54, 1.807) is 24.3 Å². The summed E-state index contributed by atoms with van der Waals surface area (Å²) in [6, 6.07) is 6.85. The van der Waals surface area contributed by atoms with Crippen molar-refractivity contribution < 1.29 is 23.8 Å². The van der Waals surface area contributed by atoms with E-state index < -0.39 is 5.97 Å². The van der Waals surface area contributed by atoms with Crippen LogP contribution in [0.3, 0.4) is 0 Å². The molecule has 0 radical (unpaired) electrons. The molecule has 1 aromatic heterocycles. The van der Waals surface area contributed by atoms with E-state index in [4.69, 9.17) is 14.2 Å². The second-order valence-electron chi connectivity index (χ2n) is 5.13. The Morgan fingerprint density at radius 2 is 2.00 bits per heavy atom. The summed E-state index contributed by atoms with van der Waals surface area (Å²) in [4.78, 5) is 23.8. The van der Waals surface area contributed by atoms with Gasteiger partial charge < -0.3 is 14.2 Å².